The third kappa shape index (κ3) is 3.88. The summed E-state index contributed by atoms with van der Waals surface area (Å²) in [4.78, 5) is 5.58. The number of nitrogens with one attached hydrogen (secondary N) is 1. The maximum atomic E-state index is 4.27. The van der Waals surface area contributed by atoms with E-state index in [1.165, 1.54) is 10.5 Å². The van der Waals surface area contributed by atoms with Crippen molar-refractivity contribution in [3.05, 3.63) is 59.9 Å². The molecule has 0 saturated heterocycles. The zero-order valence-electron chi connectivity index (χ0n) is 9.89. The van der Waals surface area contributed by atoms with Gasteiger partial charge in [0.25, 0.3) is 0 Å². The molecule has 0 aliphatic carbocycles. The van der Waals surface area contributed by atoms with E-state index in [-0.39, 0.29) is 0 Å². The van der Waals surface area contributed by atoms with Gasteiger partial charge in [0.2, 0.25) is 0 Å². The van der Waals surface area contributed by atoms with E-state index in [4.69, 9.17) is 0 Å². The lowest BCUT2D eigenvalue weighted by molar-refractivity contribution is 0.679. The van der Waals surface area contributed by atoms with E-state index in [0.29, 0.717) is 0 Å². The Bertz CT molecular complexity index is 440. The van der Waals surface area contributed by atoms with Crippen LogP contribution in [-0.4, -0.2) is 11.2 Å². The van der Waals surface area contributed by atoms with E-state index in [2.05, 4.69) is 40.8 Å². The Balaban J connectivity index is 1.82. The van der Waals surface area contributed by atoms with Crippen molar-refractivity contribution in [2.45, 2.75) is 18.0 Å². The zero-order chi connectivity index (χ0) is 11.9. The standard InChI is InChI=1S/C14H16N2S/c1-17-14-7-5-12(6-8-14)10-15-11-13-4-2-3-9-16-13/h2-9,15H,10-11H2,1H3. The molecule has 0 spiro atoms. The highest BCUT2D eigenvalue weighted by Gasteiger charge is 1.95. The molecule has 1 aromatic heterocycles. The molecule has 0 radical (unpaired) electrons. The largest absolute Gasteiger partial charge is 0.307 e. The third-order valence-corrected chi connectivity index (χ3v) is 3.26. The van der Waals surface area contributed by atoms with Gasteiger partial charge in [-0.3, -0.25) is 4.98 Å². The summed E-state index contributed by atoms with van der Waals surface area (Å²) in [5.74, 6) is 0. The maximum Gasteiger partial charge on any atom is 0.0541 e. The van der Waals surface area contributed by atoms with Crippen LogP contribution in [0.1, 0.15) is 11.3 Å². The molecular weight excluding hydrogens is 228 g/mol. The summed E-state index contributed by atoms with van der Waals surface area (Å²) in [6.07, 6.45) is 3.92. The van der Waals surface area contributed by atoms with Crippen LogP contribution >= 0.6 is 11.8 Å². The Kier molecular flexibility index (Phi) is 4.59. The number of hydrogen-bond donors (Lipinski definition) is 1. The van der Waals surface area contributed by atoms with Crippen LogP contribution in [0.25, 0.3) is 0 Å². The average Bonchev–Trinajstić information content (AvgIpc) is 2.41. The minimum atomic E-state index is 0.811. The molecule has 1 heterocycles. The molecule has 0 aliphatic heterocycles. The highest BCUT2D eigenvalue weighted by molar-refractivity contribution is 7.98. The van der Waals surface area contributed by atoms with Crippen LogP contribution in [0.2, 0.25) is 0 Å². The molecule has 1 N–H and O–H groups in total. The third-order valence-electron chi connectivity index (χ3n) is 2.52. The monoisotopic (exact) mass is 244 g/mol. The second-order valence-electron chi connectivity index (χ2n) is 3.77. The summed E-state index contributed by atoms with van der Waals surface area (Å²) in [5, 5.41) is 3.39. The number of benzene rings is 1. The lowest BCUT2D eigenvalue weighted by atomic mass is 10.2. The second-order valence-corrected chi connectivity index (χ2v) is 4.65. The SMILES string of the molecule is CSc1ccc(CNCc2ccccn2)cc1. The first kappa shape index (κ1) is 12.1. The molecule has 88 valence electrons. The Morgan fingerprint density at radius 1 is 1.06 bits per heavy atom. The number of nitrogens with zero attached hydrogens (tertiary/aromatic N) is 1. The predicted octanol–water partition coefficient (Wildman–Crippen LogP) is 3.09. The van der Waals surface area contributed by atoms with Gasteiger partial charge in [0.05, 0.1) is 5.69 Å². The number of pyridine rings is 1. The van der Waals surface area contributed by atoms with E-state index in [1.807, 2.05) is 24.4 Å². The molecule has 0 amide bonds. The van der Waals surface area contributed by atoms with Crippen LogP contribution in [0, 0.1) is 0 Å². The van der Waals surface area contributed by atoms with Crippen LogP contribution in [0.4, 0.5) is 0 Å². The van der Waals surface area contributed by atoms with E-state index in [1.54, 1.807) is 11.8 Å². The molecule has 3 heteroatoms. The molecule has 1 aromatic carbocycles. The fourth-order valence-corrected chi connectivity index (χ4v) is 1.99. The van der Waals surface area contributed by atoms with Crippen LogP contribution in [0.3, 0.4) is 0 Å². The fraction of sp³-hybridized carbons (Fsp3) is 0.214. The zero-order valence-corrected chi connectivity index (χ0v) is 10.7. The first-order valence-electron chi connectivity index (χ1n) is 5.62. The van der Waals surface area contributed by atoms with Gasteiger partial charge in [-0.15, -0.1) is 11.8 Å². The lowest BCUT2D eigenvalue weighted by Crippen LogP contribution is -2.13. The number of hydrogen-bond acceptors (Lipinski definition) is 3. The van der Waals surface area contributed by atoms with Crippen molar-refractivity contribution in [3.63, 3.8) is 0 Å². The van der Waals surface area contributed by atoms with Gasteiger partial charge < -0.3 is 5.32 Å². The fourth-order valence-electron chi connectivity index (χ4n) is 1.58. The van der Waals surface area contributed by atoms with E-state index < -0.39 is 0 Å². The molecule has 2 rings (SSSR count). The molecule has 0 fully saturated rings. The summed E-state index contributed by atoms with van der Waals surface area (Å²) in [6, 6.07) is 14.6. The highest BCUT2D eigenvalue weighted by atomic mass is 32.2. The van der Waals surface area contributed by atoms with Crippen LogP contribution in [-0.2, 0) is 13.1 Å². The van der Waals surface area contributed by atoms with Gasteiger partial charge in [0.15, 0.2) is 0 Å². The molecule has 2 nitrogen and oxygen atoms in total. The quantitative estimate of drug-likeness (QED) is 0.818. The van der Waals surface area contributed by atoms with Gasteiger partial charge >= 0.3 is 0 Å². The van der Waals surface area contributed by atoms with Gasteiger partial charge in [-0.25, -0.2) is 0 Å². The van der Waals surface area contributed by atoms with Crippen molar-refractivity contribution in [3.8, 4) is 0 Å². The van der Waals surface area contributed by atoms with Crippen molar-refractivity contribution in [2.24, 2.45) is 0 Å². The Morgan fingerprint density at radius 2 is 1.88 bits per heavy atom. The van der Waals surface area contributed by atoms with E-state index >= 15 is 0 Å². The van der Waals surface area contributed by atoms with Crippen molar-refractivity contribution in [2.75, 3.05) is 6.26 Å². The minimum absolute atomic E-state index is 0.811. The first-order valence-corrected chi connectivity index (χ1v) is 6.84. The summed E-state index contributed by atoms with van der Waals surface area (Å²) in [7, 11) is 0. The summed E-state index contributed by atoms with van der Waals surface area (Å²) >= 11 is 1.77. The first-order chi connectivity index (χ1) is 8.38. The highest BCUT2D eigenvalue weighted by Crippen LogP contribution is 2.14. The Morgan fingerprint density at radius 3 is 2.53 bits per heavy atom. The molecule has 17 heavy (non-hydrogen) atoms. The van der Waals surface area contributed by atoms with Crippen LogP contribution in [0.5, 0.6) is 0 Å². The van der Waals surface area contributed by atoms with E-state index in [9.17, 15) is 0 Å². The smallest absolute Gasteiger partial charge is 0.0541 e. The van der Waals surface area contributed by atoms with Gasteiger partial charge in [-0.05, 0) is 36.1 Å². The van der Waals surface area contributed by atoms with Crippen molar-refractivity contribution >= 4 is 11.8 Å². The molecular formula is C14H16N2S. The molecule has 0 bridgehead atoms. The molecule has 0 unspecified atom stereocenters. The Hall–Kier alpha value is -1.32. The molecule has 0 atom stereocenters. The molecule has 2 aromatic rings. The Labute approximate surface area is 106 Å². The van der Waals surface area contributed by atoms with Crippen molar-refractivity contribution in [1.82, 2.24) is 10.3 Å². The summed E-state index contributed by atoms with van der Waals surface area (Å²) in [6.45, 7) is 1.69. The number of rotatable bonds is 5. The maximum absolute atomic E-state index is 4.27. The van der Waals surface area contributed by atoms with E-state index in [0.717, 1.165) is 18.8 Å². The van der Waals surface area contributed by atoms with Crippen LogP contribution in [0.15, 0.2) is 53.6 Å². The molecule has 0 aliphatic rings. The normalized spacial score (nSPS) is 10.4. The second kappa shape index (κ2) is 6.42. The number of thioether (sulfide) groups is 1. The minimum Gasteiger partial charge on any atom is -0.307 e. The van der Waals surface area contributed by atoms with Gasteiger partial charge in [-0.2, -0.15) is 0 Å². The number of aromatic nitrogens is 1. The predicted molar refractivity (Wildman–Crippen MR) is 73.0 cm³/mol. The van der Waals surface area contributed by atoms with Gasteiger partial charge in [0.1, 0.15) is 0 Å². The molecule has 0 saturated carbocycles. The topological polar surface area (TPSA) is 24.9 Å². The van der Waals surface area contributed by atoms with Crippen molar-refractivity contribution < 1.29 is 0 Å². The lowest BCUT2D eigenvalue weighted by Gasteiger charge is -2.05. The summed E-state index contributed by atoms with van der Waals surface area (Å²) < 4.78 is 0. The van der Waals surface area contributed by atoms with Crippen LogP contribution < -0.4 is 5.32 Å². The average molecular weight is 244 g/mol. The van der Waals surface area contributed by atoms with Gasteiger partial charge in [-0.1, -0.05) is 18.2 Å². The summed E-state index contributed by atoms with van der Waals surface area (Å²) in [5.41, 5.74) is 2.38. The van der Waals surface area contributed by atoms with Gasteiger partial charge in [0, 0.05) is 24.2 Å². The van der Waals surface area contributed by atoms with Crippen molar-refractivity contribution in [1.29, 1.82) is 0 Å².